The highest BCUT2D eigenvalue weighted by molar-refractivity contribution is 7.12. The van der Waals surface area contributed by atoms with E-state index >= 15 is 0 Å². The maximum Gasteiger partial charge on any atom is 0.328 e. The van der Waals surface area contributed by atoms with E-state index in [9.17, 15) is 13.6 Å². The van der Waals surface area contributed by atoms with Gasteiger partial charge in [-0.25, -0.2) is 13.6 Å². The molecular formula is C12H15F2NO3S. The summed E-state index contributed by atoms with van der Waals surface area (Å²) < 4.78 is 24.7. The summed E-state index contributed by atoms with van der Waals surface area (Å²) in [4.78, 5) is 13.4. The third kappa shape index (κ3) is 6.42. The molecule has 0 aromatic carbocycles. The van der Waals surface area contributed by atoms with Gasteiger partial charge < -0.3 is 10.2 Å². The molecule has 0 radical (unpaired) electrons. The van der Waals surface area contributed by atoms with Crippen molar-refractivity contribution < 1.29 is 23.8 Å². The fraction of sp³-hybridized carbons (Fsp3) is 0.417. The number of hydrogen-bond donors (Lipinski definition) is 2. The summed E-state index contributed by atoms with van der Waals surface area (Å²) in [5.74, 6) is -1.03. The van der Waals surface area contributed by atoms with E-state index in [2.05, 4.69) is 0 Å². The van der Waals surface area contributed by atoms with Crippen molar-refractivity contribution in [1.82, 2.24) is 4.90 Å². The lowest BCUT2D eigenvalue weighted by molar-refractivity contribution is -0.131. The molecule has 1 aromatic heterocycles. The van der Waals surface area contributed by atoms with Crippen LogP contribution in [0.25, 0.3) is 6.08 Å². The Morgan fingerprint density at radius 3 is 2.79 bits per heavy atom. The zero-order chi connectivity index (χ0) is 14.3. The molecule has 0 atom stereocenters. The molecule has 2 N–H and O–H groups in total. The largest absolute Gasteiger partial charge is 0.478 e. The average molecular weight is 291 g/mol. The second-order valence-electron chi connectivity index (χ2n) is 3.83. The molecule has 19 heavy (non-hydrogen) atoms. The number of aliphatic hydroxyl groups excluding tert-OH is 1. The number of hydrogen-bond acceptors (Lipinski definition) is 4. The van der Waals surface area contributed by atoms with Crippen LogP contribution in [0.1, 0.15) is 9.75 Å². The molecule has 0 spiro atoms. The Hall–Kier alpha value is -1.31. The molecule has 0 fully saturated rings. The molecule has 1 rings (SSSR count). The van der Waals surface area contributed by atoms with E-state index in [0.29, 0.717) is 6.54 Å². The van der Waals surface area contributed by atoms with E-state index in [1.807, 2.05) is 0 Å². The number of carboxylic acids is 1. The van der Waals surface area contributed by atoms with Crippen LogP contribution in [0.15, 0.2) is 18.2 Å². The van der Waals surface area contributed by atoms with Crippen LogP contribution in [-0.2, 0) is 11.3 Å². The van der Waals surface area contributed by atoms with Crippen molar-refractivity contribution in [3.63, 3.8) is 0 Å². The first-order valence-electron chi connectivity index (χ1n) is 5.62. The minimum atomic E-state index is -2.45. The Labute approximate surface area is 113 Å². The fourth-order valence-electron chi connectivity index (χ4n) is 1.51. The lowest BCUT2D eigenvalue weighted by Crippen LogP contribution is -2.30. The first kappa shape index (κ1) is 15.7. The monoisotopic (exact) mass is 291 g/mol. The summed E-state index contributed by atoms with van der Waals surface area (Å²) in [6.45, 7) is -0.0678. The number of halogens is 2. The number of thiophene rings is 1. The fourth-order valence-corrected chi connectivity index (χ4v) is 2.47. The predicted molar refractivity (Wildman–Crippen MR) is 69.4 cm³/mol. The number of carboxylic acid groups (broad SMARTS) is 1. The summed E-state index contributed by atoms with van der Waals surface area (Å²) in [6, 6.07) is 3.50. The van der Waals surface area contributed by atoms with Crippen LogP contribution in [0.5, 0.6) is 0 Å². The SMILES string of the molecule is O=C(O)/C=C/c1ccc(CN(CCO)CC(F)F)s1. The van der Waals surface area contributed by atoms with E-state index < -0.39 is 18.9 Å². The molecule has 0 saturated heterocycles. The molecule has 0 aliphatic rings. The van der Waals surface area contributed by atoms with Crippen LogP contribution in [0, 0.1) is 0 Å². The third-order valence-electron chi connectivity index (χ3n) is 2.26. The van der Waals surface area contributed by atoms with Gasteiger partial charge in [-0.15, -0.1) is 11.3 Å². The zero-order valence-corrected chi connectivity index (χ0v) is 10.9. The Morgan fingerprint density at radius 2 is 2.21 bits per heavy atom. The zero-order valence-electron chi connectivity index (χ0n) is 10.1. The van der Waals surface area contributed by atoms with Gasteiger partial charge in [0.1, 0.15) is 0 Å². The molecule has 0 bridgehead atoms. The highest BCUT2D eigenvalue weighted by Crippen LogP contribution is 2.20. The Kier molecular flexibility index (Phi) is 6.61. The topological polar surface area (TPSA) is 60.8 Å². The summed E-state index contributed by atoms with van der Waals surface area (Å²) in [7, 11) is 0. The average Bonchev–Trinajstić information content (AvgIpc) is 2.73. The number of nitrogens with zero attached hydrogens (tertiary/aromatic N) is 1. The van der Waals surface area contributed by atoms with Gasteiger partial charge in [-0.05, 0) is 18.2 Å². The van der Waals surface area contributed by atoms with E-state index in [-0.39, 0.29) is 13.2 Å². The van der Waals surface area contributed by atoms with Crippen LogP contribution in [0.4, 0.5) is 8.78 Å². The van der Waals surface area contributed by atoms with Crippen molar-refractivity contribution in [2.45, 2.75) is 13.0 Å². The summed E-state index contributed by atoms with van der Waals surface area (Å²) >= 11 is 1.34. The van der Waals surface area contributed by atoms with Gasteiger partial charge in [0.15, 0.2) is 0 Å². The molecule has 1 heterocycles. The number of carbonyl (C=O) groups is 1. The standard InChI is InChI=1S/C12H15F2NO3S/c13-11(14)8-15(5-6-16)7-10-2-1-9(19-10)3-4-12(17)18/h1-4,11,16H,5-8H2,(H,17,18)/b4-3+. The van der Waals surface area contributed by atoms with E-state index in [1.165, 1.54) is 22.3 Å². The quantitative estimate of drug-likeness (QED) is 0.718. The Balaban J connectivity index is 2.61. The van der Waals surface area contributed by atoms with Crippen LogP contribution in [0.2, 0.25) is 0 Å². The molecule has 0 saturated carbocycles. The molecular weight excluding hydrogens is 276 g/mol. The van der Waals surface area contributed by atoms with Crippen molar-refractivity contribution in [3.8, 4) is 0 Å². The van der Waals surface area contributed by atoms with Crippen LogP contribution in [-0.4, -0.2) is 47.2 Å². The first-order chi connectivity index (χ1) is 9.01. The van der Waals surface area contributed by atoms with Crippen LogP contribution in [0.3, 0.4) is 0 Å². The summed E-state index contributed by atoms with van der Waals surface area (Å²) in [5, 5.41) is 17.3. The maximum atomic E-state index is 12.3. The van der Waals surface area contributed by atoms with Gasteiger partial charge in [-0.2, -0.15) is 0 Å². The third-order valence-corrected chi connectivity index (χ3v) is 3.30. The molecule has 7 heteroatoms. The van der Waals surface area contributed by atoms with Crippen molar-refractivity contribution in [3.05, 3.63) is 28.0 Å². The highest BCUT2D eigenvalue weighted by Gasteiger charge is 2.12. The van der Waals surface area contributed by atoms with Gasteiger partial charge in [0.05, 0.1) is 13.2 Å². The Bertz CT molecular complexity index is 434. The van der Waals surface area contributed by atoms with Crippen molar-refractivity contribution in [1.29, 1.82) is 0 Å². The number of rotatable bonds is 8. The second kappa shape index (κ2) is 7.98. The molecule has 0 amide bonds. The normalized spacial score (nSPS) is 11.8. The smallest absolute Gasteiger partial charge is 0.328 e. The van der Waals surface area contributed by atoms with E-state index in [0.717, 1.165) is 15.8 Å². The lowest BCUT2D eigenvalue weighted by Gasteiger charge is -2.19. The number of aliphatic hydroxyl groups is 1. The predicted octanol–water partition coefficient (Wildman–Crippen LogP) is 1.91. The minimum Gasteiger partial charge on any atom is -0.478 e. The molecule has 0 aliphatic carbocycles. The molecule has 0 unspecified atom stereocenters. The minimum absolute atomic E-state index is 0.177. The van der Waals surface area contributed by atoms with Gasteiger partial charge in [0.25, 0.3) is 6.43 Å². The highest BCUT2D eigenvalue weighted by atomic mass is 32.1. The van der Waals surface area contributed by atoms with Gasteiger partial charge in [-0.3, -0.25) is 4.90 Å². The van der Waals surface area contributed by atoms with E-state index in [4.69, 9.17) is 10.2 Å². The first-order valence-corrected chi connectivity index (χ1v) is 6.44. The van der Waals surface area contributed by atoms with Crippen molar-refractivity contribution in [2.75, 3.05) is 19.7 Å². The van der Waals surface area contributed by atoms with Gasteiger partial charge in [0, 0.05) is 28.9 Å². The molecule has 0 aliphatic heterocycles. The number of aliphatic carboxylic acids is 1. The van der Waals surface area contributed by atoms with Gasteiger partial charge >= 0.3 is 5.97 Å². The van der Waals surface area contributed by atoms with E-state index in [1.54, 1.807) is 12.1 Å². The molecule has 106 valence electrons. The summed E-state index contributed by atoms with van der Waals surface area (Å²) in [6.07, 6.45) is 0.0400. The van der Waals surface area contributed by atoms with Crippen LogP contribution < -0.4 is 0 Å². The number of alkyl halides is 2. The Morgan fingerprint density at radius 1 is 1.47 bits per heavy atom. The lowest BCUT2D eigenvalue weighted by atomic mass is 10.3. The van der Waals surface area contributed by atoms with Gasteiger partial charge in [0.2, 0.25) is 0 Å². The summed E-state index contributed by atoms with van der Waals surface area (Å²) in [5.41, 5.74) is 0. The van der Waals surface area contributed by atoms with Crippen molar-refractivity contribution in [2.24, 2.45) is 0 Å². The molecule has 1 aromatic rings. The van der Waals surface area contributed by atoms with Crippen molar-refractivity contribution >= 4 is 23.4 Å². The molecule has 4 nitrogen and oxygen atoms in total. The van der Waals surface area contributed by atoms with Crippen LogP contribution >= 0.6 is 11.3 Å². The van der Waals surface area contributed by atoms with Gasteiger partial charge in [-0.1, -0.05) is 0 Å². The second-order valence-corrected chi connectivity index (χ2v) is 5.03. The maximum absolute atomic E-state index is 12.3.